The van der Waals surface area contributed by atoms with Crippen molar-refractivity contribution in [1.29, 1.82) is 0 Å². The van der Waals surface area contributed by atoms with Crippen molar-refractivity contribution >= 4 is 41.4 Å². The van der Waals surface area contributed by atoms with Gasteiger partial charge in [0, 0.05) is 0 Å². The lowest BCUT2D eigenvalue weighted by molar-refractivity contribution is -0.181. The molecule has 2 N–H and O–H groups in total. The van der Waals surface area contributed by atoms with Gasteiger partial charge in [-0.2, -0.15) is 0 Å². The zero-order chi connectivity index (χ0) is 10.6. The number of nitrogens with zero attached hydrogens (tertiary/aromatic N) is 1. The molecule has 0 aliphatic heterocycles. The number of hydrogen-bond donors (Lipinski definition) is 3. The van der Waals surface area contributed by atoms with Crippen LogP contribution in [0.2, 0.25) is 0 Å². The van der Waals surface area contributed by atoms with Crippen molar-refractivity contribution in [2.45, 2.75) is 0 Å². The van der Waals surface area contributed by atoms with Crippen molar-refractivity contribution < 1.29 is 28.7 Å². The molecule has 1 amide bonds. The lowest BCUT2D eigenvalue weighted by atomic mass is 11.2. The third-order valence-corrected chi connectivity index (χ3v) is 0.972. The minimum absolute atomic E-state index is 0.00545. The van der Waals surface area contributed by atoms with E-state index in [-0.39, 0.29) is 4.32 Å². The maximum absolute atomic E-state index is 10.6. The molecule has 0 bridgehead atoms. The van der Waals surface area contributed by atoms with Gasteiger partial charge in [-0.25, -0.2) is 24.8 Å². The van der Waals surface area contributed by atoms with Crippen LogP contribution in [0.15, 0.2) is 9.36 Å². The van der Waals surface area contributed by atoms with Crippen LogP contribution in [0.5, 0.6) is 0 Å². The van der Waals surface area contributed by atoms with Gasteiger partial charge in [-0.05, 0) is 0 Å². The van der Waals surface area contributed by atoms with E-state index in [9.17, 15) is 9.59 Å². The van der Waals surface area contributed by atoms with E-state index in [1.807, 2.05) is 5.43 Å². The van der Waals surface area contributed by atoms with Crippen molar-refractivity contribution in [2.24, 2.45) is 0 Å². The fourth-order valence-corrected chi connectivity index (χ4v) is 0.414. The predicted octanol–water partition coefficient (Wildman–Crippen LogP) is 0.0193. The van der Waals surface area contributed by atoms with Crippen LogP contribution in [0.3, 0.4) is 0 Å². The van der Waals surface area contributed by atoms with Crippen LogP contribution in [0.4, 0.5) is 9.59 Å². The highest BCUT2D eigenvalue weighted by atomic mass is 32.1. The molecule has 0 atom stereocenters. The molecule has 78 valence electrons. The molecular formula is C3H3N3O6S2. The summed E-state index contributed by atoms with van der Waals surface area (Å²) >= 11 is 8.05. The summed E-state index contributed by atoms with van der Waals surface area (Å²) < 4.78 is 7.80. The molecule has 9 nitrogen and oxygen atoms in total. The van der Waals surface area contributed by atoms with Gasteiger partial charge < -0.3 is 0 Å². The quantitative estimate of drug-likeness (QED) is 0.252. The Hall–Kier alpha value is -1.62. The topological polar surface area (TPSA) is 108 Å². The van der Waals surface area contributed by atoms with Crippen LogP contribution in [-0.2, 0) is 9.78 Å². The van der Waals surface area contributed by atoms with Crippen molar-refractivity contribution in [3.05, 3.63) is 0 Å². The minimum Gasteiger partial charge on any atom is -0.280 e. The molecule has 0 aliphatic rings. The molecule has 11 heteroatoms. The molecule has 1 aromatic rings. The fourth-order valence-electron chi connectivity index (χ4n) is 0.307. The third-order valence-electron chi connectivity index (χ3n) is 0.758. The molecule has 0 saturated carbocycles. The van der Waals surface area contributed by atoms with E-state index in [1.165, 1.54) is 0 Å². The fraction of sp³-hybridized carbons (Fsp3) is 0. The maximum atomic E-state index is 10.6. The number of hydrogen-bond acceptors (Lipinski definition) is 7. The Bertz CT molecular complexity index is 329. The van der Waals surface area contributed by atoms with Gasteiger partial charge in [-0.1, -0.05) is 12.2 Å². The predicted molar refractivity (Wildman–Crippen MR) is 45.2 cm³/mol. The molecule has 0 fully saturated rings. The molecule has 0 aromatic carbocycles. The smallest absolute Gasteiger partial charge is 0.280 e. The SMILES string of the molecule is O=C(NNC(=S)S)OOC(=O)n1oo1. The molecule has 1 aromatic heterocycles. The highest BCUT2D eigenvalue weighted by Crippen LogP contribution is 1.96. The van der Waals surface area contributed by atoms with Gasteiger partial charge in [0.15, 0.2) is 0 Å². The number of carbonyl (C=O) groups is 2. The van der Waals surface area contributed by atoms with E-state index in [4.69, 9.17) is 0 Å². The number of nitrogens with one attached hydrogen (secondary N) is 2. The summed E-state index contributed by atoms with van der Waals surface area (Å²) in [4.78, 5) is 29.3. The minimum atomic E-state index is -1.14. The van der Waals surface area contributed by atoms with Crippen LogP contribution in [0, 0.1) is 0 Å². The summed E-state index contributed by atoms with van der Waals surface area (Å²) in [7, 11) is 0. The number of amides is 1. The van der Waals surface area contributed by atoms with Gasteiger partial charge in [-0.3, -0.25) is 5.43 Å². The molecule has 0 spiro atoms. The first-order chi connectivity index (χ1) is 6.59. The van der Waals surface area contributed by atoms with Crippen LogP contribution < -0.4 is 10.9 Å². The molecule has 14 heavy (non-hydrogen) atoms. The Morgan fingerprint density at radius 1 is 1.29 bits per heavy atom. The number of carbonyl (C=O) groups excluding carboxylic acids is 2. The highest BCUT2D eigenvalue weighted by Gasteiger charge is 2.20. The van der Waals surface area contributed by atoms with Crippen molar-refractivity contribution in [3.8, 4) is 0 Å². The normalized spacial score (nSPS) is 9.21. The second kappa shape index (κ2) is 4.57. The van der Waals surface area contributed by atoms with Crippen LogP contribution in [0.1, 0.15) is 0 Å². The number of aromatic nitrogens is 1. The summed E-state index contributed by atoms with van der Waals surface area (Å²) in [5.41, 5.74) is 4.01. The molecule has 0 radical (unpaired) electrons. The van der Waals surface area contributed by atoms with Gasteiger partial charge >= 0.3 is 12.2 Å². The Labute approximate surface area is 86.4 Å². The number of rotatable bonds is 0. The van der Waals surface area contributed by atoms with Crippen molar-refractivity contribution in [1.82, 2.24) is 15.8 Å². The van der Waals surface area contributed by atoms with Crippen LogP contribution in [-0.4, -0.2) is 21.4 Å². The average molecular weight is 241 g/mol. The molecule has 1 rings (SSSR count). The van der Waals surface area contributed by atoms with Crippen LogP contribution >= 0.6 is 24.8 Å². The van der Waals surface area contributed by atoms with Gasteiger partial charge in [0.25, 0.3) is 0 Å². The van der Waals surface area contributed by atoms with Crippen molar-refractivity contribution in [2.75, 3.05) is 0 Å². The van der Waals surface area contributed by atoms with E-state index in [0.717, 1.165) is 0 Å². The number of thiocarbonyl (C=S) groups is 1. The molecule has 1 heterocycles. The Kier molecular flexibility index (Phi) is 3.41. The Morgan fingerprint density at radius 2 is 1.93 bits per heavy atom. The van der Waals surface area contributed by atoms with Crippen LogP contribution in [0.25, 0.3) is 0 Å². The summed E-state index contributed by atoms with van der Waals surface area (Å²) in [6.07, 6.45) is -2.25. The Balaban J connectivity index is 2.12. The van der Waals surface area contributed by atoms with E-state index in [0.29, 0.717) is 4.91 Å². The molecular weight excluding hydrogens is 238 g/mol. The average Bonchev–Trinajstić information content (AvgIpc) is 2.93. The lowest BCUT2D eigenvalue weighted by Crippen LogP contribution is -2.39. The van der Waals surface area contributed by atoms with Gasteiger partial charge in [-0.15, -0.1) is 22.0 Å². The third kappa shape index (κ3) is 3.86. The monoisotopic (exact) mass is 241 g/mol. The molecule has 0 aliphatic carbocycles. The largest absolute Gasteiger partial charge is 0.527 e. The summed E-state index contributed by atoms with van der Waals surface area (Å²) in [6.45, 7) is 0. The molecule has 0 unspecified atom stereocenters. The number of hydrazine groups is 1. The maximum Gasteiger partial charge on any atom is 0.527 e. The highest BCUT2D eigenvalue weighted by molar-refractivity contribution is 8.11. The number of thiol groups is 1. The summed E-state index contributed by atoms with van der Waals surface area (Å²) in [6, 6.07) is 0. The van der Waals surface area contributed by atoms with E-state index in [1.54, 1.807) is 0 Å². The second-order valence-electron chi connectivity index (χ2n) is 1.68. The van der Waals surface area contributed by atoms with E-state index < -0.39 is 12.2 Å². The first kappa shape index (κ1) is 10.5. The lowest BCUT2D eigenvalue weighted by Gasteiger charge is -2.03. The van der Waals surface area contributed by atoms with Crippen molar-refractivity contribution in [3.63, 3.8) is 0 Å². The molecule has 0 saturated heterocycles. The first-order valence-corrected chi connectivity index (χ1v) is 3.77. The Morgan fingerprint density at radius 3 is 2.43 bits per heavy atom. The zero-order valence-electron chi connectivity index (χ0n) is 6.25. The standard InChI is InChI=1S/C3H3N3O6S2/c7-1(4-5-2(13)14)9-10-3(8)6-11-12-6/h(H,4,7)(H2,5,13,14). The summed E-state index contributed by atoms with van der Waals surface area (Å²) in [5, 5.41) is 0. The van der Waals surface area contributed by atoms with E-state index in [2.05, 4.69) is 49.4 Å². The van der Waals surface area contributed by atoms with Gasteiger partial charge in [0.2, 0.25) is 0 Å². The van der Waals surface area contributed by atoms with Gasteiger partial charge in [0.1, 0.15) is 9.23 Å². The first-order valence-electron chi connectivity index (χ1n) is 2.92. The zero-order valence-corrected chi connectivity index (χ0v) is 7.96. The van der Waals surface area contributed by atoms with E-state index >= 15 is 0 Å². The van der Waals surface area contributed by atoms with Gasteiger partial charge in [0.05, 0.1) is 0 Å². The summed E-state index contributed by atoms with van der Waals surface area (Å²) in [5.74, 6) is 0. The second-order valence-corrected chi connectivity index (χ2v) is 2.84.